The molecule has 1 aromatic heterocycles. The molecule has 0 spiro atoms. The van der Waals surface area contributed by atoms with Crippen LogP contribution in [-0.4, -0.2) is 18.2 Å². The zero-order valence-electron chi connectivity index (χ0n) is 5.98. The number of methoxy groups -OCH3 is 1. The van der Waals surface area contributed by atoms with Crippen LogP contribution in [0.2, 0.25) is 0 Å². The van der Waals surface area contributed by atoms with Gasteiger partial charge in [-0.3, -0.25) is 0 Å². The maximum absolute atomic E-state index is 10.4. The summed E-state index contributed by atoms with van der Waals surface area (Å²) in [7, 11) is 1.32. The normalized spacial score (nSPS) is 12.8. The van der Waals surface area contributed by atoms with Crippen molar-refractivity contribution in [1.82, 2.24) is 0 Å². The Hall–Kier alpha value is -1.29. The Labute approximate surface area is 63.4 Å². The van der Waals surface area contributed by atoms with Gasteiger partial charge in [-0.15, -0.1) is 0 Å². The van der Waals surface area contributed by atoms with E-state index in [0.717, 1.165) is 0 Å². The highest BCUT2D eigenvalue weighted by Crippen LogP contribution is 2.16. The van der Waals surface area contributed by atoms with Gasteiger partial charge >= 0.3 is 5.97 Å². The van der Waals surface area contributed by atoms with Crippen LogP contribution in [0, 0.1) is 0 Å². The zero-order chi connectivity index (χ0) is 8.27. The first-order chi connectivity index (χ1) is 5.25. The molecule has 11 heavy (non-hydrogen) atoms. The first-order valence-electron chi connectivity index (χ1n) is 3.04. The summed E-state index contributed by atoms with van der Waals surface area (Å²) in [6.45, 7) is 0. The summed E-state index contributed by atoms with van der Waals surface area (Å²) in [6.07, 6.45) is 0.412. The Balaban J connectivity index is 2.79. The summed E-state index contributed by atoms with van der Waals surface area (Å²) in [5, 5.41) is 8.56. The van der Waals surface area contributed by atoms with Gasteiger partial charge in [0, 0.05) is 7.11 Å². The Morgan fingerprint density at radius 1 is 1.82 bits per heavy atom. The Morgan fingerprint density at radius 3 is 2.91 bits per heavy atom. The molecule has 0 saturated carbocycles. The summed E-state index contributed by atoms with van der Waals surface area (Å²) in [4.78, 5) is 10.4. The van der Waals surface area contributed by atoms with Crippen molar-refractivity contribution < 1.29 is 19.1 Å². The van der Waals surface area contributed by atoms with E-state index in [1.54, 1.807) is 12.1 Å². The highest BCUT2D eigenvalue weighted by atomic mass is 16.5. The van der Waals surface area contributed by atoms with E-state index in [1.807, 2.05) is 0 Å². The molecule has 1 unspecified atom stereocenters. The lowest BCUT2D eigenvalue weighted by molar-refractivity contribution is -0.149. The van der Waals surface area contributed by atoms with E-state index in [0.29, 0.717) is 5.76 Å². The molecular formula is C7H8O4. The fourth-order valence-electron chi connectivity index (χ4n) is 0.779. The predicted molar refractivity (Wildman–Crippen MR) is 36.1 cm³/mol. The van der Waals surface area contributed by atoms with Gasteiger partial charge in [0.15, 0.2) is 0 Å². The first kappa shape index (κ1) is 7.81. The van der Waals surface area contributed by atoms with E-state index in [9.17, 15) is 4.79 Å². The number of hydrogen-bond donors (Lipinski definition) is 1. The van der Waals surface area contributed by atoms with Gasteiger partial charge in [0.1, 0.15) is 5.76 Å². The molecule has 1 rings (SSSR count). The second-order valence-electron chi connectivity index (χ2n) is 1.97. The van der Waals surface area contributed by atoms with E-state index < -0.39 is 12.1 Å². The van der Waals surface area contributed by atoms with Crippen LogP contribution in [0.25, 0.3) is 0 Å². The van der Waals surface area contributed by atoms with Crippen molar-refractivity contribution in [3.8, 4) is 0 Å². The lowest BCUT2D eigenvalue weighted by atomic mass is 10.3. The van der Waals surface area contributed by atoms with Crippen LogP contribution >= 0.6 is 0 Å². The Kier molecular flexibility index (Phi) is 2.28. The van der Waals surface area contributed by atoms with Crippen molar-refractivity contribution in [3.63, 3.8) is 0 Å². The molecule has 1 heterocycles. The van der Waals surface area contributed by atoms with Crippen LogP contribution < -0.4 is 0 Å². The lowest BCUT2D eigenvalue weighted by Crippen LogP contribution is -2.12. The van der Waals surface area contributed by atoms with Crippen molar-refractivity contribution in [2.75, 3.05) is 7.11 Å². The number of furan rings is 1. The Bertz CT molecular complexity index is 227. The molecule has 0 aliphatic carbocycles. The molecule has 0 aliphatic heterocycles. The van der Waals surface area contributed by atoms with Gasteiger partial charge in [-0.2, -0.15) is 0 Å². The molecule has 1 N–H and O–H groups in total. The predicted octanol–water partition coefficient (Wildman–Crippen LogP) is 1.05. The molecule has 0 aromatic carbocycles. The average molecular weight is 156 g/mol. The smallest absolute Gasteiger partial charge is 0.340 e. The monoisotopic (exact) mass is 156 g/mol. The molecule has 0 bridgehead atoms. The van der Waals surface area contributed by atoms with Crippen LogP contribution in [-0.2, 0) is 9.53 Å². The van der Waals surface area contributed by atoms with Gasteiger partial charge < -0.3 is 14.3 Å². The van der Waals surface area contributed by atoms with Crippen molar-refractivity contribution in [2.24, 2.45) is 0 Å². The third-order valence-electron chi connectivity index (χ3n) is 1.26. The standard InChI is InChI=1S/C7H8O4/c1-10-6(7(8)9)5-3-2-4-11-5/h2-4,6H,1H3,(H,8,9). The maximum atomic E-state index is 10.4. The molecule has 0 radical (unpaired) electrons. The fourth-order valence-corrected chi connectivity index (χ4v) is 0.779. The molecule has 60 valence electrons. The van der Waals surface area contributed by atoms with E-state index in [1.165, 1.54) is 13.4 Å². The number of aliphatic carboxylic acids is 1. The fraction of sp³-hybridized carbons (Fsp3) is 0.286. The van der Waals surface area contributed by atoms with E-state index in [4.69, 9.17) is 9.52 Å². The van der Waals surface area contributed by atoms with E-state index >= 15 is 0 Å². The molecule has 4 heteroatoms. The number of ether oxygens (including phenoxy) is 1. The molecule has 4 nitrogen and oxygen atoms in total. The maximum Gasteiger partial charge on any atom is 0.340 e. The Morgan fingerprint density at radius 2 is 2.55 bits per heavy atom. The number of carboxylic acids is 1. The van der Waals surface area contributed by atoms with Crippen LogP contribution in [0.5, 0.6) is 0 Å². The minimum absolute atomic E-state index is 0.306. The third-order valence-corrected chi connectivity index (χ3v) is 1.26. The van der Waals surface area contributed by atoms with Crippen molar-refractivity contribution in [3.05, 3.63) is 24.2 Å². The topological polar surface area (TPSA) is 59.7 Å². The van der Waals surface area contributed by atoms with E-state index in [-0.39, 0.29) is 0 Å². The summed E-state index contributed by atoms with van der Waals surface area (Å²) >= 11 is 0. The summed E-state index contributed by atoms with van der Waals surface area (Å²) < 4.78 is 9.50. The second kappa shape index (κ2) is 3.21. The molecule has 1 aromatic rings. The van der Waals surface area contributed by atoms with Gasteiger partial charge in [-0.05, 0) is 12.1 Å². The van der Waals surface area contributed by atoms with Gasteiger partial charge in [-0.25, -0.2) is 4.79 Å². The van der Waals surface area contributed by atoms with Gasteiger partial charge in [0.25, 0.3) is 0 Å². The zero-order valence-corrected chi connectivity index (χ0v) is 5.98. The van der Waals surface area contributed by atoms with Crippen molar-refractivity contribution >= 4 is 5.97 Å². The number of hydrogen-bond acceptors (Lipinski definition) is 3. The lowest BCUT2D eigenvalue weighted by Gasteiger charge is -2.05. The highest BCUT2D eigenvalue weighted by molar-refractivity contribution is 5.73. The van der Waals surface area contributed by atoms with Gasteiger partial charge in [-0.1, -0.05) is 0 Å². The SMILES string of the molecule is COC(C(=O)O)c1ccco1. The van der Waals surface area contributed by atoms with Crippen LogP contribution in [0.1, 0.15) is 11.9 Å². The van der Waals surface area contributed by atoms with E-state index in [2.05, 4.69) is 4.74 Å². The van der Waals surface area contributed by atoms with Crippen molar-refractivity contribution in [2.45, 2.75) is 6.10 Å². The molecule has 0 amide bonds. The minimum atomic E-state index is -1.05. The van der Waals surface area contributed by atoms with Gasteiger partial charge in [0.2, 0.25) is 6.10 Å². The second-order valence-corrected chi connectivity index (χ2v) is 1.97. The van der Waals surface area contributed by atoms with Crippen LogP contribution in [0.4, 0.5) is 0 Å². The summed E-state index contributed by atoms with van der Waals surface area (Å²) in [5.74, 6) is -0.748. The largest absolute Gasteiger partial charge is 0.479 e. The molecular weight excluding hydrogens is 148 g/mol. The van der Waals surface area contributed by atoms with Gasteiger partial charge in [0.05, 0.1) is 6.26 Å². The number of carboxylic acid groups (broad SMARTS) is 1. The number of carbonyl (C=O) groups is 1. The molecule has 1 atom stereocenters. The molecule has 0 fully saturated rings. The molecule has 0 saturated heterocycles. The third kappa shape index (κ3) is 1.59. The quantitative estimate of drug-likeness (QED) is 0.710. The van der Waals surface area contributed by atoms with Crippen LogP contribution in [0.15, 0.2) is 22.8 Å². The average Bonchev–Trinajstić information content (AvgIpc) is 2.40. The summed E-state index contributed by atoms with van der Waals surface area (Å²) in [5.41, 5.74) is 0. The minimum Gasteiger partial charge on any atom is -0.479 e. The highest BCUT2D eigenvalue weighted by Gasteiger charge is 2.20. The summed E-state index contributed by atoms with van der Waals surface area (Å²) in [6, 6.07) is 3.17. The van der Waals surface area contributed by atoms with Crippen LogP contribution in [0.3, 0.4) is 0 Å². The first-order valence-corrected chi connectivity index (χ1v) is 3.04. The number of rotatable bonds is 3. The van der Waals surface area contributed by atoms with Crippen molar-refractivity contribution in [1.29, 1.82) is 0 Å². The molecule has 0 aliphatic rings.